The number of benzene rings is 2. The topological polar surface area (TPSA) is 95.6 Å². The zero-order valence-corrected chi connectivity index (χ0v) is 14.6. The Hall–Kier alpha value is -3.62. The lowest BCUT2D eigenvalue weighted by molar-refractivity contribution is -0.117. The van der Waals surface area contributed by atoms with Gasteiger partial charge in [0.25, 0.3) is 0 Å². The van der Waals surface area contributed by atoms with Crippen LogP contribution in [0.4, 0.5) is 10.1 Å². The maximum absolute atomic E-state index is 13.0. The van der Waals surface area contributed by atoms with Gasteiger partial charge < -0.3 is 19.2 Å². The molecule has 8 nitrogen and oxygen atoms in total. The number of amides is 1. The molecule has 9 heteroatoms. The molecular weight excluding hydrogens is 357 g/mol. The van der Waals surface area contributed by atoms with E-state index in [4.69, 9.17) is 13.9 Å². The summed E-state index contributed by atoms with van der Waals surface area (Å²) in [6.45, 7) is -0.371. The van der Waals surface area contributed by atoms with Crippen molar-refractivity contribution in [3.05, 3.63) is 58.8 Å². The minimum atomic E-state index is -0.804. The van der Waals surface area contributed by atoms with Crippen LogP contribution in [0.1, 0.15) is 0 Å². The molecular formula is C18H16FN3O5. The van der Waals surface area contributed by atoms with Gasteiger partial charge in [-0.25, -0.2) is 9.18 Å². The average Bonchev–Trinajstić information content (AvgIpc) is 3.02. The molecule has 0 spiro atoms. The van der Waals surface area contributed by atoms with Gasteiger partial charge in [0.2, 0.25) is 11.8 Å². The largest absolute Gasteiger partial charge is 0.497 e. The van der Waals surface area contributed by atoms with Gasteiger partial charge in [-0.15, -0.1) is 5.10 Å². The molecule has 140 valence electrons. The fourth-order valence-electron chi connectivity index (χ4n) is 2.35. The van der Waals surface area contributed by atoms with Crippen molar-refractivity contribution in [1.82, 2.24) is 9.78 Å². The summed E-state index contributed by atoms with van der Waals surface area (Å²) in [5.74, 6) is -0.782. The molecule has 0 bridgehead atoms. The van der Waals surface area contributed by atoms with Crippen molar-refractivity contribution in [2.75, 3.05) is 19.5 Å². The van der Waals surface area contributed by atoms with Gasteiger partial charge in [-0.2, -0.15) is 4.68 Å². The van der Waals surface area contributed by atoms with Gasteiger partial charge in [-0.3, -0.25) is 4.79 Å². The third-order valence-electron chi connectivity index (χ3n) is 3.67. The first-order valence-corrected chi connectivity index (χ1v) is 7.86. The number of halogens is 1. The lowest BCUT2D eigenvalue weighted by Gasteiger charge is -2.11. The Bertz CT molecular complexity index is 1010. The Balaban J connectivity index is 1.77. The number of hydrogen-bond acceptors (Lipinski definition) is 6. The summed E-state index contributed by atoms with van der Waals surface area (Å²) in [5.41, 5.74) is 0.805. The third-order valence-corrected chi connectivity index (χ3v) is 3.67. The lowest BCUT2D eigenvalue weighted by atomic mass is 10.2. The van der Waals surface area contributed by atoms with Crippen LogP contribution in [0.25, 0.3) is 11.5 Å². The van der Waals surface area contributed by atoms with Crippen LogP contribution in [-0.2, 0) is 11.3 Å². The van der Waals surface area contributed by atoms with E-state index in [0.717, 1.165) is 4.68 Å². The molecule has 0 aliphatic carbocycles. The highest BCUT2D eigenvalue weighted by molar-refractivity contribution is 5.92. The lowest BCUT2D eigenvalue weighted by Crippen LogP contribution is -2.26. The first kappa shape index (κ1) is 18.2. The second-order valence-corrected chi connectivity index (χ2v) is 5.45. The predicted octanol–water partition coefficient (Wildman–Crippen LogP) is 2.30. The standard InChI is InChI=1S/C18H16FN3O5/c1-25-13-7-8-15(26-2)14(9-13)20-16(23)10-22-18(24)27-17(21-22)11-3-5-12(19)6-4-11/h3-9H,10H2,1-2H3,(H,20,23). The highest BCUT2D eigenvalue weighted by Gasteiger charge is 2.15. The van der Waals surface area contributed by atoms with Crippen molar-refractivity contribution >= 4 is 11.6 Å². The normalized spacial score (nSPS) is 10.5. The van der Waals surface area contributed by atoms with E-state index in [9.17, 15) is 14.0 Å². The maximum atomic E-state index is 13.0. The Labute approximate surface area is 153 Å². The van der Waals surface area contributed by atoms with Crippen LogP contribution in [-0.4, -0.2) is 29.9 Å². The number of ether oxygens (including phenoxy) is 2. The predicted molar refractivity (Wildman–Crippen MR) is 94.3 cm³/mol. The smallest absolute Gasteiger partial charge is 0.437 e. The zero-order chi connectivity index (χ0) is 19.4. The molecule has 1 amide bonds. The number of rotatable bonds is 6. The summed E-state index contributed by atoms with van der Waals surface area (Å²) < 4.78 is 29.2. The van der Waals surface area contributed by atoms with Crippen LogP contribution in [0.2, 0.25) is 0 Å². The molecule has 27 heavy (non-hydrogen) atoms. The van der Waals surface area contributed by atoms with E-state index in [1.165, 1.54) is 38.5 Å². The van der Waals surface area contributed by atoms with Gasteiger partial charge in [0, 0.05) is 11.6 Å². The highest BCUT2D eigenvalue weighted by Crippen LogP contribution is 2.28. The summed E-state index contributed by atoms with van der Waals surface area (Å²) in [6.07, 6.45) is 0. The van der Waals surface area contributed by atoms with Gasteiger partial charge >= 0.3 is 5.76 Å². The van der Waals surface area contributed by atoms with Gasteiger partial charge in [0.15, 0.2) is 0 Å². The maximum Gasteiger partial charge on any atom is 0.437 e. The molecule has 0 saturated heterocycles. The summed E-state index contributed by atoms with van der Waals surface area (Å²) >= 11 is 0. The molecule has 0 saturated carbocycles. The Morgan fingerprint density at radius 2 is 1.93 bits per heavy atom. The Morgan fingerprint density at radius 1 is 1.19 bits per heavy atom. The molecule has 0 fully saturated rings. The number of hydrogen-bond donors (Lipinski definition) is 1. The van der Waals surface area contributed by atoms with Crippen molar-refractivity contribution in [3.8, 4) is 23.0 Å². The average molecular weight is 373 g/mol. The van der Waals surface area contributed by atoms with Crippen molar-refractivity contribution < 1.29 is 23.1 Å². The van der Waals surface area contributed by atoms with E-state index in [-0.39, 0.29) is 12.4 Å². The van der Waals surface area contributed by atoms with E-state index in [1.807, 2.05) is 0 Å². The molecule has 0 unspecified atom stereocenters. The highest BCUT2D eigenvalue weighted by atomic mass is 19.1. The molecule has 1 N–H and O–H groups in total. The second kappa shape index (κ2) is 7.73. The Kier molecular flexibility index (Phi) is 5.20. The van der Waals surface area contributed by atoms with E-state index in [2.05, 4.69) is 10.4 Å². The molecule has 2 aromatic carbocycles. The van der Waals surface area contributed by atoms with Crippen LogP contribution in [0, 0.1) is 5.82 Å². The molecule has 0 aliphatic rings. The fraction of sp³-hybridized carbons (Fsp3) is 0.167. The number of aromatic nitrogens is 2. The van der Waals surface area contributed by atoms with Crippen LogP contribution >= 0.6 is 0 Å². The van der Waals surface area contributed by atoms with Crippen LogP contribution in [0.15, 0.2) is 51.7 Å². The monoisotopic (exact) mass is 373 g/mol. The number of anilines is 1. The van der Waals surface area contributed by atoms with Crippen molar-refractivity contribution in [2.24, 2.45) is 0 Å². The van der Waals surface area contributed by atoms with Gasteiger partial charge in [0.05, 0.1) is 19.9 Å². The molecule has 0 atom stereocenters. The van der Waals surface area contributed by atoms with E-state index in [1.54, 1.807) is 18.2 Å². The summed E-state index contributed by atoms with van der Waals surface area (Å²) in [7, 11) is 2.97. The Morgan fingerprint density at radius 3 is 2.59 bits per heavy atom. The number of nitrogens with zero attached hydrogens (tertiary/aromatic N) is 2. The molecule has 0 aliphatic heterocycles. The number of carbonyl (C=O) groups excluding carboxylic acids is 1. The van der Waals surface area contributed by atoms with Crippen LogP contribution in [0.3, 0.4) is 0 Å². The van der Waals surface area contributed by atoms with E-state index < -0.39 is 17.5 Å². The number of methoxy groups -OCH3 is 2. The van der Waals surface area contributed by atoms with Gasteiger partial charge in [0.1, 0.15) is 23.9 Å². The number of carbonyl (C=O) groups is 1. The van der Waals surface area contributed by atoms with E-state index >= 15 is 0 Å². The SMILES string of the molecule is COc1ccc(OC)c(NC(=O)Cn2nc(-c3ccc(F)cc3)oc2=O)c1. The van der Waals surface area contributed by atoms with Crippen molar-refractivity contribution in [2.45, 2.75) is 6.54 Å². The van der Waals surface area contributed by atoms with Gasteiger partial charge in [-0.1, -0.05) is 0 Å². The van der Waals surface area contributed by atoms with Crippen LogP contribution < -0.4 is 20.5 Å². The fourth-order valence-corrected chi connectivity index (χ4v) is 2.35. The second-order valence-electron chi connectivity index (χ2n) is 5.45. The summed E-state index contributed by atoms with van der Waals surface area (Å²) in [6, 6.07) is 10.2. The third kappa shape index (κ3) is 4.14. The molecule has 1 heterocycles. The first-order valence-electron chi connectivity index (χ1n) is 7.86. The minimum absolute atomic E-state index is 0.00763. The summed E-state index contributed by atoms with van der Waals surface area (Å²) in [4.78, 5) is 24.2. The zero-order valence-electron chi connectivity index (χ0n) is 14.6. The quantitative estimate of drug-likeness (QED) is 0.712. The van der Waals surface area contributed by atoms with Crippen molar-refractivity contribution in [1.29, 1.82) is 0 Å². The van der Waals surface area contributed by atoms with Gasteiger partial charge in [-0.05, 0) is 36.4 Å². The number of nitrogens with one attached hydrogen (secondary N) is 1. The minimum Gasteiger partial charge on any atom is -0.497 e. The van der Waals surface area contributed by atoms with Crippen LogP contribution in [0.5, 0.6) is 11.5 Å². The van der Waals surface area contributed by atoms with E-state index in [0.29, 0.717) is 22.7 Å². The summed E-state index contributed by atoms with van der Waals surface area (Å²) in [5, 5.41) is 6.60. The molecule has 3 aromatic rings. The van der Waals surface area contributed by atoms with Crippen molar-refractivity contribution in [3.63, 3.8) is 0 Å². The first-order chi connectivity index (χ1) is 13.0. The molecule has 1 aromatic heterocycles. The molecule has 3 rings (SSSR count). The molecule has 0 radical (unpaired) electrons.